The van der Waals surface area contributed by atoms with Crippen molar-refractivity contribution >= 4 is 47.4 Å². The van der Waals surface area contributed by atoms with Crippen LogP contribution < -0.4 is 10.5 Å². The van der Waals surface area contributed by atoms with Gasteiger partial charge in [0, 0.05) is 16.2 Å². The number of likely N-dealkylation sites (tertiary alicyclic amines) is 1. The molecule has 0 bridgehead atoms. The Morgan fingerprint density at radius 1 is 1.25 bits per heavy atom. The van der Waals surface area contributed by atoms with Gasteiger partial charge in [0.05, 0.1) is 6.61 Å². The number of benzene rings is 1. The minimum absolute atomic E-state index is 0. The lowest BCUT2D eigenvalue weighted by atomic mass is 10.1. The second-order valence-electron chi connectivity index (χ2n) is 4.84. The van der Waals surface area contributed by atoms with Crippen molar-refractivity contribution in [2.45, 2.75) is 25.3 Å². The van der Waals surface area contributed by atoms with Crippen molar-refractivity contribution < 1.29 is 4.74 Å². The van der Waals surface area contributed by atoms with Crippen molar-refractivity contribution in [3.63, 3.8) is 0 Å². The molecule has 1 saturated heterocycles. The third-order valence-corrected chi connectivity index (χ3v) is 3.99. The van der Waals surface area contributed by atoms with E-state index < -0.39 is 0 Å². The molecule has 2 rings (SSSR count). The van der Waals surface area contributed by atoms with Gasteiger partial charge in [-0.25, -0.2) is 0 Å². The van der Waals surface area contributed by atoms with Crippen LogP contribution in [0.5, 0.6) is 5.75 Å². The lowest BCUT2D eigenvalue weighted by Gasteiger charge is -2.29. The molecule has 1 aliphatic rings. The van der Waals surface area contributed by atoms with Crippen LogP contribution in [-0.4, -0.2) is 37.2 Å². The number of piperidine rings is 1. The molecule has 3 nitrogen and oxygen atoms in total. The van der Waals surface area contributed by atoms with E-state index in [0.717, 1.165) is 51.3 Å². The minimum atomic E-state index is 0. The van der Waals surface area contributed by atoms with E-state index in [4.69, 9.17) is 10.5 Å². The predicted octanol–water partition coefficient (Wildman–Crippen LogP) is 3.33. The molecule has 0 unspecified atom stereocenters. The minimum Gasteiger partial charge on any atom is -0.494 e. The highest BCUT2D eigenvalue weighted by Gasteiger charge is 2.14. The summed E-state index contributed by atoms with van der Waals surface area (Å²) >= 11 is 2.30. The molecule has 116 valence electrons. The number of nitrogens with zero attached hydrogens (tertiary/aromatic N) is 1. The van der Waals surface area contributed by atoms with Crippen LogP contribution in [0.1, 0.15) is 19.3 Å². The van der Waals surface area contributed by atoms with Gasteiger partial charge in [-0.05, 0) is 73.1 Å². The Morgan fingerprint density at radius 3 is 2.60 bits per heavy atom. The second kappa shape index (κ2) is 10.9. The van der Waals surface area contributed by atoms with Crippen LogP contribution in [0.25, 0.3) is 0 Å². The summed E-state index contributed by atoms with van der Waals surface area (Å²) in [4.78, 5) is 2.49. The van der Waals surface area contributed by atoms with E-state index in [-0.39, 0.29) is 24.8 Å². The summed E-state index contributed by atoms with van der Waals surface area (Å²) in [6.07, 6.45) is 3.36. The molecule has 0 spiro atoms. The van der Waals surface area contributed by atoms with E-state index in [1.807, 2.05) is 12.1 Å². The Morgan fingerprint density at radius 2 is 1.95 bits per heavy atom. The maximum atomic E-state index is 5.89. The molecule has 6 heteroatoms. The molecule has 0 amide bonds. The molecule has 0 saturated carbocycles. The average Bonchev–Trinajstić information content (AvgIpc) is 2.37. The second-order valence-corrected chi connectivity index (χ2v) is 6.08. The summed E-state index contributed by atoms with van der Waals surface area (Å²) in [6.45, 7) is 4.20. The van der Waals surface area contributed by atoms with E-state index in [2.05, 4.69) is 39.6 Å². The summed E-state index contributed by atoms with van der Waals surface area (Å²) in [5.74, 6) is 0.975. The number of halogens is 3. The molecule has 20 heavy (non-hydrogen) atoms. The Labute approximate surface area is 147 Å². The first-order chi connectivity index (χ1) is 8.74. The van der Waals surface area contributed by atoms with Gasteiger partial charge in [0.15, 0.2) is 0 Å². The van der Waals surface area contributed by atoms with Gasteiger partial charge in [0.25, 0.3) is 0 Å². The highest BCUT2D eigenvalue weighted by molar-refractivity contribution is 14.1. The van der Waals surface area contributed by atoms with Gasteiger partial charge in [0.1, 0.15) is 5.75 Å². The first-order valence-electron chi connectivity index (χ1n) is 6.60. The number of nitrogens with two attached hydrogens (primary N) is 1. The standard InChI is InChI=1S/C14H21IN2O.2ClH/c15-12-3-1-4-14(11-12)18-10-2-7-17-8-5-13(16)6-9-17;;/h1,3-4,11,13H,2,5-10,16H2;2*1H. The van der Waals surface area contributed by atoms with E-state index in [0.29, 0.717) is 6.04 Å². The fraction of sp³-hybridized carbons (Fsp3) is 0.571. The average molecular weight is 433 g/mol. The van der Waals surface area contributed by atoms with Gasteiger partial charge in [-0.3, -0.25) is 0 Å². The smallest absolute Gasteiger partial charge is 0.120 e. The summed E-state index contributed by atoms with van der Waals surface area (Å²) in [5, 5.41) is 0. The number of rotatable bonds is 5. The predicted molar refractivity (Wildman–Crippen MR) is 97.4 cm³/mol. The Kier molecular flexibility index (Phi) is 11.0. The molecule has 2 N–H and O–H groups in total. The number of hydrogen-bond donors (Lipinski definition) is 1. The van der Waals surface area contributed by atoms with Crippen molar-refractivity contribution in [3.05, 3.63) is 27.8 Å². The van der Waals surface area contributed by atoms with Gasteiger partial charge in [-0.2, -0.15) is 0 Å². The van der Waals surface area contributed by atoms with Crippen LogP contribution in [0, 0.1) is 3.57 Å². The first kappa shape index (κ1) is 20.2. The number of hydrogen-bond acceptors (Lipinski definition) is 3. The van der Waals surface area contributed by atoms with E-state index in [1.54, 1.807) is 0 Å². The van der Waals surface area contributed by atoms with E-state index in [1.165, 1.54) is 3.57 Å². The number of ether oxygens (including phenoxy) is 1. The van der Waals surface area contributed by atoms with Gasteiger partial charge < -0.3 is 15.4 Å². The van der Waals surface area contributed by atoms with E-state index in [9.17, 15) is 0 Å². The fourth-order valence-corrected chi connectivity index (χ4v) is 2.73. The Hall–Kier alpha value is 0.250. The highest BCUT2D eigenvalue weighted by Crippen LogP contribution is 2.15. The normalized spacial score (nSPS) is 16.1. The maximum Gasteiger partial charge on any atom is 0.120 e. The van der Waals surface area contributed by atoms with Crippen molar-refractivity contribution in [1.82, 2.24) is 4.90 Å². The fourth-order valence-electron chi connectivity index (χ4n) is 2.21. The maximum absolute atomic E-state index is 5.89. The van der Waals surface area contributed by atoms with Crippen molar-refractivity contribution in [2.24, 2.45) is 5.73 Å². The zero-order valence-corrected chi connectivity index (χ0v) is 15.3. The molecule has 1 fully saturated rings. The van der Waals surface area contributed by atoms with Crippen molar-refractivity contribution in [2.75, 3.05) is 26.2 Å². The third kappa shape index (κ3) is 7.31. The van der Waals surface area contributed by atoms with Gasteiger partial charge in [-0.1, -0.05) is 6.07 Å². The van der Waals surface area contributed by atoms with E-state index >= 15 is 0 Å². The van der Waals surface area contributed by atoms with Crippen LogP contribution in [0.3, 0.4) is 0 Å². The zero-order valence-electron chi connectivity index (χ0n) is 11.5. The molecule has 1 heterocycles. The molecular weight excluding hydrogens is 410 g/mol. The topological polar surface area (TPSA) is 38.5 Å². The summed E-state index contributed by atoms with van der Waals surface area (Å²) < 4.78 is 6.96. The molecule has 0 aromatic heterocycles. The summed E-state index contributed by atoms with van der Waals surface area (Å²) in [6, 6.07) is 8.61. The highest BCUT2D eigenvalue weighted by atomic mass is 127. The molecule has 1 aromatic carbocycles. The Bertz CT molecular complexity index is 374. The van der Waals surface area contributed by atoms with Gasteiger partial charge in [0.2, 0.25) is 0 Å². The first-order valence-corrected chi connectivity index (χ1v) is 7.68. The largest absolute Gasteiger partial charge is 0.494 e. The molecule has 0 radical (unpaired) electrons. The molecule has 0 aliphatic carbocycles. The third-order valence-electron chi connectivity index (χ3n) is 3.32. The van der Waals surface area contributed by atoms with Crippen molar-refractivity contribution in [1.29, 1.82) is 0 Å². The molecular formula is C14H23Cl2IN2O. The Balaban J connectivity index is 0.00000180. The van der Waals surface area contributed by atoms with Crippen LogP contribution in [0.15, 0.2) is 24.3 Å². The molecule has 1 aromatic rings. The van der Waals surface area contributed by atoms with Crippen LogP contribution in [0.2, 0.25) is 0 Å². The SMILES string of the molecule is Cl.Cl.NC1CCN(CCCOc2cccc(I)c2)CC1. The van der Waals surface area contributed by atoms with Gasteiger partial charge in [-0.15, -0.1) is 24.8 Å². The molecule has 0 atom stereocenters. The lowest BCUT2D eigenvalue weighted by molar-refractivity contribution is 0.194. The quantitative estimate of drug-likeness (QED) is 0.572. The van der Waals surface area contributed by atoms with Gasteiger partial charge >= 0.3 is 0 Å². The summed E-state index contributed by atoms with van der Waals surface area (Å²) in [5.41, 5.74) is 5.89. The van der Waals surface area contributed by atoms with Crippen LogP contribution >= 0.6 is 47.4 Å². The molecule has 1 aliphatic heterocycles. The van der Waals surface area contributed by atoms with Crippen molar-refractivity contribution in [3.8, 4) is 5.75 Å². The van der Waals surface area contributed by atoms with Crippen LogP contribution in [-0.2, 0) is 0 Å². The summed E-state index contributed by atoms with van der Waals surface area (Å²) in [7, 11) is 0. The monoisotopic (exact) mass is 432 g/mol. The lowest BCUT2D eigenvalue weighted by Crippen LogP contribution is -2.40. The zero-order chi connectivity index (χ0) is 12.8. The van der Waals surface area contributed by atoms with Crippen LogP contribution in [0.4, 0.5) is 0 Å².